The monoisotopic (exact) mass is 409 g/mol. The highest BCUT2D eigenvalue weighted by atomic mass is 16.5. The first-order valence-corrected chi connectivity index (χ1v) is 10.8. The number of hydrogen-bond donors (Lipinski definition) is 2. The first-order chi connectivity index (χ1) is 14.4. The van der Waals surface area contributed by atoms with Gasteiger partial charge < -0.3 is 15.4 Å². The lowest BCUT2D eigenvalue weighted by molar-refractivity contribution is 0.129. The van der Waals surface area contributed by atoms with Crippen LogP contribution in [0.25, 0.3) is 0 Å². The third-order valence-corrected chi connectivity index (χ3v) is 5.10. The minimum absolute atomic E-state index is 0.223. The van der Waals surface area contributed by atoms with E-state index in [9.17, 15) is 0 Å². The highest BCUT2D eigenvalue weighted by Gasteiger charge is 2.20. The van der Waals surface area contributed by atoms with Gasteiger partial charge in [0.05, 0.1) is 5.69 Å². The molecular weight excluding hydrogens is 374 g/mol. The summed E-state index contributed by atoms with van der Waals surface area (Å²) in [6.45, 7) is 9.92. The van der Waals surface area contributed by atoms with Crippen molar-refractivity contribution in [1.82, 2.24) is 20.5 Å². The van der Waals surface area contributed by atoms with Gasteiger partial charge in [0.1, 0.15) is 11.4 Å². The largest absolute Gasteiger partial charge is 0.488 e. The molecule has 0 saturated carbocycles. The summed E-state index contributed by atoms with van der Waals surface area (Å²) < 4.78 is 6.10. The normalized spacial score (nSPS) is 16.3. The van der Waals surface area contributed by atoms with E-state index in [1.54, 1.807) is 0 Å². The third-order valence-electron chi connectivity index (χ3n) is 5.10. The summed E-state index contributed by atoms with van der Waals surface area (Å²) >= 11 is 0. The van der Waals surface area contributed by atoms with Gasteiger partial charge in [0.2, 0.25) is 0 Å². The molecule has 1 fully saturated rings. The number of piperidine rings is 1. The summed E-state index contributed by atoms with van der Waals surface area (Å²) in [4.78, 5) is 11.3. The molecule has 1 aromatic carbocycles. The maximum atomic E-state index is 6.10. The summed E-state index contributed by atoms with van der Waals surface area (Å²) in [6, 6.07) is 14.7. The van der Waals surface area contributed by atoms with E-state index in [1.807, 2.05) is 37.5 Å². The molecule has 30 heavy (non-hydrogen) atoms. The Balaban J connectivity index is 1.47. The molecule has 162 valence electrons. The minimum Gasteiger partial charge on any atom is -0.488 e. The lowest BCUT2D eigenvalue weighted by atomic mass is 10.0. The number of nitrogens with one attached hydrogen (secondary N) is 2. The van der Waals surface area contributed by atoms with Crippen molar-refractivity contribution in [3.05, 3.63) is 59.9 Å². The molecule has 1 aliphatic heterocycles. The van der Waals surface area contributed by atoms with Gasteiger partial charge in [0.25, 0.3) is 0 Å². The van der Waals surface area contributed by atoms with Crippen molar-refractivity contribution in [2.75, 3.05) is 20.1 Å². The molecule has 2 aromatic rings. The van der Waals surface area contributed by atoms with Gasteiger partial charge in [-0.25, -0.2) is 0 Å². The van der Waals surface area contributed by atoms with Crippen LogP contribution < -0.4 is 15.4 Å². The average Bonchev–Trinajstić information content (AvgIpc) is 2.73. The number of ether oxygens (including phenoxy) is 1. The van der Waals surface area contributed by atoms with E-state index in [4.69, 9.17) is 4.74 Å². The first-order valence-electron chi connectivity index (χ1n) is 10.8. The van der Waals surface area contributed by atoms with Crippen molar-refractivity contribution < 1.29 is 4.74 Å². The van der Waals surface area contributed by atoms with Crippen LogP contribution in [0.4, 0.5) is 0 Å². The quantitative estimate of drug-likeness (QED) is 0.564. The molecule has 0 amide bonds. The van der Waals surface area contributed by atoms with Crippen LogP contribution in [-0.4, -0.2) is 47.6 Å². The molecule has 0 atom stereocenters. The lowest BCUT2D eigenvalue weighted by Gasteiger charge is -2.33. The zero-order valence-corrected chi connectivity index (χ0v) is 18.7. The SMILES string of the molecule is CN=C(NCc1ccccc1OC(C)(C)C)NC1CCN(Cc2ccccn2)CC1. The number of nitrogens with zero attached hydrogens (tertiary/aromatic N) is 3. The van der Waals surface area contributed by atoms with E-state index in [0.717, 1.165) is 55.4 Å². The summed E-state index contributed by atoms with van der Waals surface area (Å²) in [6.07, 6.45) is 4.05. The molecule has 2 heterocycles. The second-order valence-corrected chi connectivity index (χ2v) is 8.76. The molecule has 0 spiro atoms. The Morgan fingerprint density at radius 1 is 1.13 bits per heavy atom. The van der Waals surface area contributed by atoms with Crippen LogP contribution in [0, 0.1) is 0 Å². The Morgan fingerprint density at radius 2 is 1.87 bits per heavy atom. The zero-order valence-electron chi connectivity index (χ0n) is 18.7. The van der Waals surface area contributed by atoms with Crippen LogP contribution in [0.3, 0.4) is 0 Å². The molecule has 0 aliphatic carbocycles. The van der Waals surface area contributed by atoms with Gasteiger partial charge in [-0.05, 0) is 51.8 Å². The highest BCUT2D eigenvalue weighted by Crippen LogP contribution is 2.22. The number of rotatable bonds is 6. The van der Waals surface area contributed by atoms with Crippen molar-refractivity contribution in [1.29, 1.82) is 0 Å². The summed E-state index contributed by atoms with van der Waals surface area (Å²) in [7, 11) is 1.82. The Morgan fingerprint density at radius 3 is 2.53 bits per heavy atom. The Labute approximate surface area is 180 Å². The second kappa shape index (κ2) is 10.4. The maximum absolute atomic E-state index is 6.10. The van der Waals surface area contributed by atoms with Gasteiger partial charge in [-0.15, -0.1) is 0 Å². The van der Waals surface area contributed by atoms with Crippen molar-refractivity contribution in [3.8, 4) is 5.75 Å². The molecule has 6 nitrogen and oxygen atoms in total. The molecule has 6 heteroatoms. The first kappa shape index (κ1) is 22.1. The molecule has 0 radical (unpaired) electrons. The molecule has 1 aliphatic rings. The van der Waals surface area contributed by atoms with Gasteiger partial charge in [0.15, 0.2) is 5.96 Å². The fourth-order valence-corrected chi connectivity index (χ4v) is 3.60. The van der Waals surface area contributed by atoms with E-state index >= 15 is 0 Å². The fourth-order valence-electron chi connectivity index (χ4n) is 3.60. The molecule has 2 N–H and O–H groups in total. The van der Waals surface area contributed by atoms with Crippen molar-refractivity contribution in [2.24, 2.45) is 4.99 Å². The van der Waals surface area contributed by atoms with Crippen LogP contribution in [0.2, 0.25) is 0 Å². The highest BCUT2D eigenvalue weighted by molar-refractivity contribution is 5.80. The Hall–Kier alpha value is -2.60. The van der Waals surface area contributed by atoms with Gasteiger partial charge in [-0.3, -0.25) is 14.9 Å². The fraction of sp³-hybridized carbons (Fsp3) is 0.500. The van der Waals surface area contributed by atoms with Crippen molar-refractivity contribution in [2.45, 2.75) is 58.3 Å². The second-order valence-electron chi connectivity index (χ2n) is 8.76. The zero-order chi connectivity index (χ0) is 21.4. The number of hydrogen-bond acceptors (Lipinski definition) is 4. The van der Waals surface area contributed by atoms with Crippen LogP contribution in [-0.2, 0) is 13.1 Å². The molecule has 0 unspecified atom stereocenters. The molecule has 0 bridgehead atoms. The average molecular weight is 410 g/mol. The number of aromatic nitrogens is 1. The topological polar surface area (TPSA) is 61.8 Å². The number of para-hydroxylation sites is 1. The smallest absolute Gasteiger partial charge is 0.191 e. The van der Waals surface area contributed by atoms with Gasteiger partial charge >= 0.3 is 0 Å². The van der Waals surface area contributed by atoms with E-state index in [0.29, 0.717) is 12.6 Å². The van der Waals surface area contributed by atoms with Crippen LogP contribution in [0.5, 0.6) is 5.75 Å². The number of pyridine rings is 1. The number of benzene rings is 1. The van der Waals surface area contributed by atoms with Crippen molar-refractivity contribution in [3.63, 3.8) is 0 Å². The van der Waals surface area contributed by atoms with E-state index < -0.39 is 0 Å². The van der Waals surface area contributed by atoms with E-state index in [2.05, 4.69) is 64.5 Å². The maximum Gasteiger partial charge on any atom is 0.191 e. The molecule has 1 aromatic heterocycles. The van der Waals surface area contributed by atoms with Crippen molar-refractivity contribution >= 4 is 5.96 Å². The molecule has 3 rings (SSSR count). The Bertz CT molecular complexity index is 808. The Kier molecular flexibility index (Phi) is 7.69. The predicted octanol–water partition coefficient (Wildman–Crippen LogP) is 3.59. The van der Waals surface area contributed by atoms with E-state index in [-0.39, 0.29) is 5.60 Å². The minimum atomic E-state index is -0.223. The van der Waals surface area contributed by atoms with Gasteiger partial charge in [-0.2, -0.15) is 0 Å². The molecule has 1 saturated heterocycles. The molecular formula is C24H35N5O. The van der Waals surface area contributed by atoms with Gasteiger partial charge in [-0.1, -0.05) is 24.3 Å². The van der Waals surface area contributed by atoms with Gasteiger partial charge in [0, 0.05) is 51.0 Å². The standard InChI is InChI=1S/C24H35N5O/c1-24(2,3)30-22-11-6-5-9-19(22)17-27-23(25-4)28-20-12-15-29(16-13-20)18-21-10-7-8-14-26-21/h5-11,14,20H,12-13,15-18H2,1-4H3,(H2,25,27,28). The van der Waals surface area contributed by atoms with E-state index in [1.165, 1.54) is 0 Å². The number of guanidine groups is 1. The van der Waals surface area contributed by atoms with Crippen LogP contribution in [0.1, 0.15) is 44.9 Å². The predicted molar refractivity (Wildman–Crippen MR) is 123 cm³/mol. The third kappa shape index (κ3) is 7.02. The summed E-state index contributed by atoms with van der Waals surface area (Å²) in [5.41, 5.74) is 2.04. The summed E-state index contributed by atoms with van der Waals surface area (Å²) in [5.74, 6) is 1.75. The van der Waals surface area contributed by atoms with Crippen LogP contribution >= 0.6 is 0 Å². The summed E-state index contributed by atoms with van der Waals surface area (Å²) in [5, 5.41) is 7.03. The lowest BCUT2D eigenvalue weighted by Crippen LogP contribution is -2.48. The number of aliphatic imine (C=N–C) groups is 1. The number of likely N-dealkylation sites (tertiary alicyclic amines) is 1. The van der Waals surface area contributed by atoms with Crippen LogP contribution in [0.15, 0.2) is 53.7 Å².